The van der Waals surface area contributed by atoms with Crippen molar-refractivity contribution >= 4 is 17.3 Å². The van der Waals surface area contributed by atoms with Crippen LogP contribution in [0.4, 0.5) is 0 Å². The van der Waals surface area contributed by atoms with E-state index in [1.807, 2.05) is 45.1 Å². The molecule has 0 aliphatic carbocycles. The fourth-order valence-electron chi connectivity index (χ4n) is 1.46. The normalized spacial score (nSPS) is 15.1. The molecule has 6 heteroatoms. The highest BCUT2D eigenvalue weighted by molar-refractivity contribution is 7.74. The van der Waals surface area contributed by atoms with Crippen molar-refractivity contribution in [2.45, 2.75) is 46.1 Å². The molecule has 0 fully saturated rings. The molecule has 0 spiro atoms. The third-order valence-electron chi connectivity index (χ3n) is 2.43. The molecule has 0 saturated heterocycles. The molecular formula is C14H24NO4S-. The average molecular weight is 302 g/mol. The predicted octanol–water partition coefficient (Wildman–Crippen LogP) is 2.24. The molecule has 0 aromatic rings. The highest BCUT2D eigenvalue weighted by Crippen LogP contribution is 2.09. The summed E-state index contributed by atoms with van der Waals surface area (Å²) < 4.78 is 26.0. The van der Waals surface area contributed by atoms with Gasteiger partial charge in [0.2, 0.25) is 5.91 Å². The van der Waals surface area contributed by atoms with Gasteiger partial charge in [0, 0.05) is 6.54 Å². The van der Waals surface area contributed by atoms with E-state index >= 15 is 0 Å². The third kappa shape index (κ3) is 12.1. The lowest BCUT2D eigenvalue weighted by molar-refractivity contribution is -0.122. The molecule has 0 radical (unpaired) electrons. The van der Waals surface area contributed by atoms with E-state index in [1.54, 1.807) is 0 Å². The molecule has 0 bridgehead atoms. The Morgan fingerprint density at radius 2 is 2.10 bits per heavy atom. The number of rotatable bonds is 10. The standard InChI is InChI=1S/C14H25NO4S/c1-4-5-6-7-8-9-13(19-20(17)18)10-14(16)15-11-12(2)3/h4-7,12-13H,8-11H2,1-3H3,(H,15,16)(H,17,18)/p-1. The minimum absolute atomic E-state index is 0.0537. The quantitative estimate of drug-likeness (QED) is 0.496. The van der Waals surface area contributed by atoms with Crippen molar-refractivity contribution in [1.82, 2.24) is 5.32 Å². The molecule has 0 aliphatic rings. The van der Waals surface area contributed by atoms with Gasteiger partial charge in [-0.2, -0.15) is 0 Å². The molecule has 1 N–H and O–H groups in total. The van der Waals surface area contributed by atoms with Crippen LogP contribution in [0.25, 0.3) is 0 Å². The van der Waals surface area contributed by atoms with Crippen LogP contribution in [0.2, 0.25) is 0 Å². The molecule has 0 rings (SSSR count). The van der Waals surface area contributed by atoms with Gasteiger partial charge < -0.3 is 9.87 Å². The van der Waals surface area contributed by atoms with E-state index in [0.717, 1.165) is 0 Å². The van der Waals surface area contributed by atoms with Gasteiger partial charge in [-0.15, -0.1) is 0 Å². The first-order valence-electron chi connectivity index (χ1n) is 6.76. The van der Waals surface area contributed by atoms with Gasteiger partial charge in [0.25, 0.3) is 0 Å². The van der Waals surface area contributed by atoms with E-state index in [2.05, 4.69) is 5.32 Å². The molecule has 1 amide bonds. The summed E-state index contributed by atoms with van der Waals surface area (Å²) in [7, 11) is 0. The van der Waals surface area contributed by atoms with Gasteiger partial charge in [-0.1, -0.05) is 38.2 Å². The van der Waals surface area contributed by atoms with Crippen molar-refractivity contribution in [3.63, 3.8) is 0 Å². The zero-order chi connectivity index (χ0) is 15.4. The van der Waals surface area contributed by atoms with Crippen LogP contribution in [-0.2, 0) is 20.3 Å². The molecule has 2 atom stereocenters. The van der Waals surface area contributed by atoms with E-state index < -0.39 is 17.5 Å². The lowest BCUT2D eigenvalue weighted by Crippen LogP contribution is -2.31. The predicted molar refractivity (Wildman–Crippen MR) is 79.4 cm³/mol. The summed E-state index contributed by atoms with van der Waals surface area (Å²) in [5.74, 6) is 0.169. The van der Waals surface area contributed by atoms with Crippen LogP contribution in [-0.4, -0.2) is 27.3 Å². The molecule has 5 nitrogen and oxygen atoms in total. The van der Waals surface area contributed by atoms with Gasteiger partial charge in [0.15, 0.2) is 0 Å². The van der Waals surface area contributed by atoms with Crippen LogP contribution in [0, 0.1) is 5.92 Å². The number of nitrogens with one attached hydrogen (secondary N) is 1. The first-order valence-corrected chi connectivity index (χ1v) is 7.76. The van der Waals surface area contributed by atoms with Crippen LogP contribution >= 0.6 is 0 Å². The SMILES string of the molecule is CC=CC=CCCC(CC(=O)NCC(C)C)OS(=O)[O-]. The maximum absolute atomic E-state index is 11.7. The van der Waals surface area contributed by atoms with E-state index in [4.69, 9.17) is 4.18 Å². The largest absolute Gasteiger partial charge is 0.750 e. The molecule has 0 aromatic heterocycles. The maximum atomic E-state index is 11.7. The van der Waals surface area contributed by atoms with Crippen LogP contribution < -0.4 is 5.32 Å². The van der Waals surface area contributed by atoms with Crippen LogP contribution in [0.1, 0.15) is 40.0 Å². The average Bonchev–Trinajstić information content (AvgIpc) is 2.35. The molecule has 0 heterocycles. The summed E-state index contributed by atoms with van der Waals surface area (Å²) in [5, 5.41) is 2.75. The second-order valence-corrected chi connectivity index (χ2v) is 5.46. The summed E-state index contributed by atoms with van der Waals surface area (Å²) in [6.45, 7) is 6.48. The zero-order valence-electron chi connectivity index (χ0n) is 12.3. The Balaban J connectivity index is 4.19. The Morgan fingerprint density at radius 3 is 2.65 bits per heavy atom. The summed E-state index contributed by atoms with van der Waals surface area (Å²) in [6.07, 6.45) is 8.16. The molecule has 116 valence electrons. The zero-order valence-corrected chi connectivity index (χ0v) is 13.2. The van der Waals surface area contributed by atoms with E-state index in [0.29, 0.717) is 25.3 Å². The fraction of sp³-hybridized carbons (Fsp3) is 0.643. The number of carbonyl (C=O) groups excluding carboxylic acids is 1. The van der Waals surface area contributed by atoms with Gasteiger partial charge in [0.05, 0.1) is 23.9 Å². The summed E-state index contributed by atoms with van der Waals surface area (Å²) >= 11 is -2.60. The summed E-state index contributed by atoms with van der Waals surface area (Å²) in [5.41, 5.74) is 0. The summed E-state index contributed by atoms with van der Waals surface area (Å²) in [6, 6.07) is 0. The van der Waals surface area contributed by atoms with Crippen LogP contribution in [0.15, 0.2) is 24.3 Å². The van der Waals surface area contributed by atoms with Crippen LogP contribution in [0.5, 0.6) is 0 Å². The Bertz CT molecular complexity index is 353. The molecule has 2 unspecified atom stereocenters. The Morgan fingerprint density at radius 1 is 1.40 bits per heavy atom. The van der Waals surface area contributed by atoms with E-state index in [9.17, 15) is 13.6 Å². The topological polar surface area (TPSA) is 78.5 Å². The molecule has 0 saturated carbocycles. The van der Waals surface area contributed by atoms with E-state index in [-0.39, 0.29) is 12.3 Å². The highest BCUT2D eigenvalue weighted by Gasteiger charge is 2.14. The minimum atomic E-state index is -2.60. The molecular weight excluding hydrogens is 278 g/mol. The number of hydrogen-bond acceptors (Lipinski definition) is 4. The lowest BCUT2D eigenvalue weighted by Gasteiger charge is -2.18. The second-order valence-electron chi connectivity index (χ2n) is 4.86. The number of carbonyl (C=O) groups is 1. The monoisotopic (exact) mass is 302 g/mol. The highest BCUT2D eigenvalue weighted by atomic mass is 32.2. The Kier molecular flexibility index (Phi) is 11.2. The van der Waals surface area contributed by atoms with Gasteiger partial charge in [0.1, 0.15) is 0 Å². The lowest BCUT2D eigenvalue weighted by atomic mass is 10.1. The number of amides is 1. The Labute approximate surface area is 124 Å². The van der Waals surface area contributed by atoms with Crippen molar-refractivity contribution in [2.75, 3.05) is 6.54 Å². The molecule has 0 aliphatic heterocycles. The van der Waals surface area contributed by atoms with E-state index in [1.165, 1.54) is 0 Å². The summed E-state index contributed by atoms with van der Waals surface area (Å²) in [4.78, 5) is 11.7. The minimum Gasteiger partial charge on any atom is -0.750 e. The molecule has 20 heavy (non-hydrogen) atoms. The first kappa shape index (κ1) is 19.0. The number of allylic oxidation sites excluding steroid dienone is 4. The van der Waals surface area contributed by atoms with Gasteiger partial charge in [-0.25, -0.2) is 4.21 Å². The van der Waals surface area contributed by atoms with Gasteiger partial charge >= 0.3 is 0 Å². The maximum Gasteiger partial charge on any atom is 0.222 e. The second kappa shape index (κ2) is 11.8. The first-order chi connectivity index (χ1) is 9.45. The smallest absolute Gasteiger partial charge is 0.222 e. The Hall–Kier alpha value is -0.980. The van der Waals surface area contributed by atoms with Crippen molar-refractivity contribution < 1.29 is 17.7 Å². The number of hydrogen-bond donors (Lipinski definition) is 1. The fourth-order valence-corrected chi connectivity index (χ4v) is 1.85. The van der Waals surface area contributed by atoms with Gasteiger partial charge in [-0.05, 0) is 25.7 Å². The van der Waals surface area contributed by atoms with Crippen molar-refractivity contribution in [3.05, 3.63) is 24.3 Å². The van der Waals surface area contributed by atoms with Crippen molar-refractivity contribution in [3.8, 4) is 0 Å². The van der Waals surface area contributed by atoms with Gasteiger partial charge in [-0.3, -0.25) is 8.98 Å². The van der Waals surface area contributed by atoms with Crippen molar-refractivity contribution in [1.29, 1.82) is 0 Å². The molecule has 0 aromatic carbocycles. The van der Waals surface area contributed by atoms with Crippen molar-refractivity contribution in [2.24, 2.45) is 5.92 Å². The third-order valence-corrected chi connectivity index (χ3v) is 2.86. The van der Waals surface area contributed by atoms with Crippen LogP contribution in [0.3, 0.4) is 0 Å².